The summed E-state index contributed by atoms with van der Waals surface area (Å²) in [5.74, 6) is -0.520. The van der Waals surface area contributed by atoms with Crippen LogP contribution in [0.4, 0.5) is 11.4 Å². The van der Waals surface area contributed by atoms with Crippen molar-refractivity contribution in [2.24, 2.45) is 0 Å². The molecule has 2 aliphatic rings. The van der Waals surface area contributed by atoms with Crippen LogP contribution < -0.4 is 9.21 Å². The van der Waals surface area contributed by atoms with E-state index >= 15 is 0 Å². The Hall–Kier alpha value is -1.38. The highest BCUT2D eigenvalue weighted by atomic mass is 35.6. The third-order valence-corrected chi connectivity index (χ3v) is 8.00. The van der Waals surface area contributed by atoms with Gasteiger partial charge in [-0.3, -0.25) is 9.10 Å². The van der Waals surface area contributed by atoms with Gasteiger partial charge in [0.1, 0.15) is 0 Å². The fourth-order valence-electron chi connectivity index (χ4n) is 3.91. The molecule has 1 fully saturated rings. The zero-order valence-corrected chi connectivity index (χ0v) is 20.1. The van der Waals surface area contributed by atoms with Crippen LogP contribution >= 0.6 is 46.4 Å². The molecule has 11 heteroatoms. The van der Waals surface area contributed by atoms with E-state index in [9.17, 15) is 13.2 Å². The van der Waals surface area contributed by atoms with E-state index in [0.717, 1.165) is 11.3 Å². The van der Waals surface area contributed by atoms with Crippen LogP contribution in [-0.2, 0) is 21.2 Å². The van der Waals surface area contributed by atoms with Gasteiger partial charge >= 0.3 is 0 Å². The van der Waals surface area contributed by atoms with Crippen LogP contribution in [0.2, 0.25) is 5.02 Å². The van der Waals surface area contributed by atoms with Crippen molar-refractivity contribution in [2.75, 3.05) is 41.9 Å². The molecule has 1 saturated heterocycles. The first kappa shape index (κ1) is 22.8. The molecular formula is C20H19Cl4N3O3S. The molecule has 0 unspecified atom stereocenters. The minimum atomic E-state index is -3.69. The summed E-state index contributed by atoms with van der Waals surface area (Å²) >= 11 is 23.1. The third kappa shape index (κ3) is 4.57. The molecule has 0 spiro atoms. The summed E-state index contributed by atoms with van der Waals surface area (Å²) in [6.45, 7) is 2.45. The summed E-state index contributed by atoms with van der Waals surface area (Å²) in [6, 6.07) is 12.0. The first-order valence-corrected chi connectivity index (χ1v) is 12.5. The van der Waals surface area contributed by atoms with E-state index in [4.69, 9.17) is 46.4 Å². The molecule has 6 nitrogen and oxygen atoms in total. The number of fused-ring (bicyclic) bond motifs is 1. The van der Waals surface area contributed by atoms with E-state index in [-0.39, 0.29) is 4.90 Å². The van der Waals surface area contributed by atoms with Crippen molar-refractivity contribution in [1.82, 2.24) is 4.90 Å². The average molecular weight is 523 g/mol. The largest absolute Gasteiger partial charge is 0.368 e. The van der Waals surface area contributed by atoms with Gasteiger partial charge in [0, 0.05) is 43.4 Å². The van der Waals surface area contributed by atoms with E-state index in [1.165, 1.54) is 15.3 Å². The van der Waals surface area contributed by atoms with Crippen molar-refractivity contribution in [1.29, 1.82) is 0 Å². The summed E-state index contributed by atoms with van der Waals surface area (Å²) in [5.41, 5.74) is 2.61. The lowest BCUT2D eigenvalue weighted by molar-refractivity contribution is -0.130. The maximum absolute atomic E-state index is 13.1. The number of carbonyl (C=O) groups excluding carboxylic acids is 1. The Bertz CT molecular complexity index is 1110. The predicted octanol–water partition coefficient (Wildman–Crippen LogP) is 4.11. The molecule has 0 atom stereocenters. The number of sulfonamides is 1. The molecule has 2 heterocycles. The van der Waals surface area contributed by atoms with Crippen LogP contribution in [0, 0.1) is 0 Å². The van der Waals surface area contributed by atoms with E-state index in [1.807, 2.05) is 18.2 Å². The summed E-state index contributed by atoms with van der Waals surface area (Å²) in [7, 11) is -3.69. The Labute approximate surface area is 201 Å². The normalized spacial score (nSPS) is 17.1. The van der Waals surface area contributed by atoms with Crippen LogP contribution in [0.15, 0.2) is 47.4 Å². The number of amides is 1. The highest BCUT2D eigenvalue weighted by Crippen LogP contribution is 2.36. The molecule has 166 valence electrons. The lowest BCUT2D eigenvalue weighted by Crippen LogP contribution is -2.51. The number of halogens is 4. The van der Waals surface area contributed by atoms with Crippen molar-refractivity contribution in [2.45, 2.75) is 15.1 Å². The molecule has 0 bridgehead atoms. The van der Waals surface area contributed by atoms with E-state index in [1.54, 1.807) is 18.2 Å². The Morgan fingerprint density at radius 1 is 0.935 bits per heavy atom. The molecular weight excluding hydrogens is 504 g/mol. The molecule has 2 aromatic rings. The number of nitrogens with zero attached hydrogens (tertiary/aromatic N) is 3. The van der Waals surface area contributed by atoms with E-state index in [2.05, 4.69) is 4.90 Å². The lowest BCUT2D eigenvalue weighted by atomic mass is 10.1. The Balaban J connectivity index is 1.50. The number of benzene rings is 2. The number of alkyl halides is 3. The zero-order valence-electron chi connectivity index (χ0n) is 16.3. The quantitative estimate of drug-likeness (QED) is 0.569. The molecule has 0 aromatic heterocycles. The van der Waals surface area contributed by atoms with E-state index < -0.39 is 19.7 Å². The smallest absolute Gasteiger partial charge is 0.274 e. The fourth-order valence-corrected chi connectivity index (χ4v) is 6.07. The van der Waals surface area contributed by atoms with Crippen LogP contribution in [-0.4, -0.2) is 55.7 Å². The molecule has 0 radical (unpaired) electrons. The van der Waals surface area contributed by atoms with Crippen molar-refractivity contribution in [3.63, 3.8) is 0 Å². The molecule has 0 saturated carbocycles. The van der Waals surface area contributed by atoms with Crippen LogP contribution in [0.3, 0.4) is 0 Å². The highest BCUT2D eigenvalue weighted by Gasteiger charge is 2.37. The van der Waals surface area contributed by atoms with E-state index in [0.29, 0.717) is 49.9 Å². The van der Waals surface area contributed by atoms with Gasteiger partial charge in [-0.05, 0) is 48.4 Å². The van der Waals surface area contributed by atoms with Gasteiger partial charge in [-0.25, -0.2) is 8.42 Å². The van der Waals surface area contributed by atoms with Crippen LogP contribution in [0.5, 0.6) is 0 Å². The second-order valence-electron chi connectivity index (χ2n) is 7.37. The van der Waals surface area contributed by atoms with Gasteiger partial charge in [0.2, 0.25) is 0 Å². The van der Waals surface area contributed by atoms with Gasteiger partial charge in [0.15, 0.2) is 0 Å². The molecule has 2 aromatic carbocycles. The second kappa shape index (κ2) is 8.52. The van der Waals surface area contributed by atoms with Crippen LogP contribution in [0.25, 0.3) is 0 Å². The maximum atomic E-state index is 13.1. The number of hydrogen-bond donors (Lipinski definition) is 0. The fraction of sp³-hybridized carbons (Fsp3) is 0.350. The average Bonchev–Trinajstić information content (AvgIpc) is 3.17. The zero-order chi connectivity index (χ0) is 22.4. The van der Waals surface area contributed by atoms with Gasteiger partial charge in [-0.15, -0.1) is 0 Å². The summed E-state index contributed by atoms with van der Waals surface area (Å²) in [6.07, 6.45) is 0.620. The first-order chi connectivity index (χ1) is 14.6. The standard InChI is InChI=1S/C20H19Cl4N3O3S/c21-15-2-1-3-17(13-15)31(29,30)27-7-6-14-12-16(4-5-18(14)27)25-8-10-26(11-9-25)19(28)20(22,23)24/h1-5,12-13H,6-11H2. The Kier molecular flexibility index (Phi) is 6.27. The van der Waals surface area contributed by atoms with Crippen LogP contribution in [0.1, 0.15) is 5.56 Å². The lowest BCUT2D eigenvalue weighted by Gasteiger charge is -2.37. The number of carbonyl (C=O) groups is 1. The van der Waals surface area contributed by atoms with Gasteiger partial charge < -0.3 is 9.80 Å². The Morgan fingerprint density at radius 2 is 1.65 bits per heavy atom. The van der Waals surface area contributed by atoms with Gasteiger partial charge in [-0.1, -0.05) is 52.5 Å². The van der Waals surface area contributed by atoms with Gasteiger partial charge in [0.25, 0.3) is 19.7 Å². The molecule has 1 amide bonds. The van der Waals surface area contributed by atoms with Crippen molar-refractivity contribution < 1.29 is 13.2 Å². The Morgan fingerprint density at radius 3 is 2.29 bits per heavy atom. The minimum absolute atomic E-state index is 0.173. The summed E-state index contributed by atoms with van der Waals surface area (Å²) < 4.78 is 25.7. The molecule has 31 heavy (non-hydrogen) atoms. The first-order valence-electron chi connectivity index (χ1n) is 9.59. The highest BCUT2D eigenvalue weighted by molar-refractivity contribution is 7.92. The maximum Gasteiger partial charge on any atom is 0.274 e. The molecule has 0 N–H and O–H groups in total. The number of hydrogen-bond acceptors (Lipinski definition) is 4. The number of anilines is 2. The SMILES string of the molecule is O=C(N1CCN(c2ccc3c(c2)CCN3S(=O)(=O)c2cccc(Cl)c2)CC1)C(Cl)(Cl)Cl. The third-order valence-electron chi connectivity index (χ3n) is 5.47. The minimum Gasteiger partial charge on any atom is -0.368 e. The second-order valence-corrected chi connectivity index (χ2v) is 12.0. The van der Waals surface area contributed by atoms with Crippen molar-refractivity contribution in [3.05, 3.63) is 53.1 Å². The topological polar surface area (TPSA) is 60.9 Å². The predicted molar refractivity (Wildman–Crippen MR) is 125 cm³/mol. The number of rotatable bonds is 3. The molecule has 2 aliphatic heterocycles. The van der Waals surface area contributed by atoms with Crippen molar-refractivity contribution >= 4 is 73.7 Å². The molecule has 4 rings (SSSR count). The monoisotopic (exact) mass is 521 g/mol. The van der Waals surface area contributed by atoms with Crippen molar-refractivity contribution in [3.8, 4) is 0 Å². The molecule has 0 aliphatic carbocycles. The summed E-state index contributed by atoms with van der Waals surface area (Å²) in [4.78, 5) is 16.0. The van der Waals surface area contributed by atoms with Gasteiger partial charge in [0.05, 0.1) is 10.6 Å². The summed E-state index contributed by atoms with van der Waals surface area (Å²) in [5, 5.41) is 0.378. The number of piperazine rings is 1. The van der Waals surface area contributed by atoms with Gasteiger partial charge in [-0.2, -0.15) is 0 Å².